The van der Waals surface area contributed by atoms with Crippen molar-refractivity contribution < 1.29 is 13.2 Å². The standard InChI is InChI=1S/C16H27N3O3S/c1-12(2)15(17)9-10-19(5)23(21,22)14-8-6-7-13(11-14)16(20)18(3)4/h6-8,11-12,15H,9-10,17H2,1-5H3. The topological polar surface area (TPSA) is 83.7 Å². The number of carbonyl (C=O) groups is 1. The molecule has 0 spiro atoms. The van der Waals surface area contributed by atoms with Crippen LogP contribution in [0.3, 0.4) is 0 Å². The third-order valence-electron chi connectivity index (χ3n) is 3.83. The normalized spacial score (nSPS) is 13.4. The van der Waals surface area contributed by atoms with Gasteiger partial charge < -0.3 is 10.6 Å². The van der Waals surface area contributed by atoms with Gasteiger partial charge in [0.2, 0.25) is 10.0 Å². The first-order chi connectivity index (χ1) is 10.6. The lowest BCUT2D eigenvalue weighted by Crippen LogP contribution is -2.34. The van der Waals surface area contributed by atoms with Gasteiger partial charge in [0.15, 0.2) is 0 Å². The van der Waals surface area contributed by atoms with E-state index >= 15 is 0 Å². The molecule has 130 valence electrons. The molecular formula is C16H27N3O3S. The van der Waals surface area contributed by atoms with Crippen LogP contribution in [0.1, 0.15) is 30.6 Å². The van der Waals surface area contributed by atoms with E-state index in [9.17, 15) is 13.2 Å². The summed E-state index contributed by atoms with van der Waals surface area (Å²) < 4.78 is 26.5. The molecule has 1 rings (SSSR count). The third kappa shape index (κ3) is 5.02. The number of amides is 1. The van der Waals surface area contributed by atoms with Crippen molar-refractivity contribution >= 4 is 15.9 Å². The van der Waals surface area contributed by atoms with Gasteiger partial charge in [0.25, 0.3) is 5.91 Å². The van der Waals surface area contributed by atoms with Crippen molar-refractivity contribution in [3.8, 4) is 0 Å². The first kappa shape index (κ1) is 19.6. The molecule has 1 unspecified atom stereocenters. The smallest absolute Gasteiger partial charge is 0.253 e. The summed E-state index contributed by atoms with van der Waals surface area (Å²) >= 11 is 0. The first-order valence-electron chi connectivity index (χ1n) is 7.61. The van der Waals surface area contributed by atoms with Crippen LogP contribution in [0.25, 0.3) is 0 Å². The Morgan fingerprint density at radius 1 is 1.22 bits per heavy atom. The molecule has 0 fully saturated rings. The van der Waals surface area contributed by atoms with E-state index in [1.54, 1.807) is 26.2 Å². The Bertz CT molecular complexity index is 642. The number of sulfonamides is 1. The molecule has 6 nitrogen and oxygen atoms in total. The Kier molecular flexibility index (Phi) is 6.73. The molecule has 1 atom stereocenters. The van der Waals surface area contributed by atoms with E-state index in [0.29, 0.717) is 24.4 Å². The van der Waals surface area contributed by atoms with E-state index in [1.165, 1.54) is 28.4 Å². The molecule has 0 bridgehead atoms. The summed E-state index contributed by atoms with van der Waals surface area (Å²) in [4.78, 5) is 13.5. The summed E-state index contributed by atoms with van der Waals surface area (Å²) in [6.45, 7) is 4.36. The van der Waals surface area contributed by atoms with Gasteiger partial charge in [-0.3, -0.25) is 4.79 Å². The lowest BCUT2D eigenvalue weighted by Gasteiger charge is -2.21. The lowest BCUT2D eigenvalue weighted by molar-refractivity contribution is 0.0827. The Morgan fingerprint density at radius 3 is 2.35 bits per heavy atom. The number of rotatable bonds is 7. The molecule has 0 saturated carbocycles. The number of hydrogen-bond acceptors (Lipinski definition) is 4. The maximum Gasteiger partial charge on any atom is 0.253 e. The van der Waals surface area contributed by atoms with Gasteiger partial charge in [0.05, 0.1) is 4.90 Å². The Balaban J connectivity index is 2.95. The molecule has 0 radical (unpaired) electrons. The van der Waals surface area contributed by atoms with Gasteiger partial charge in [-0.05, 0) is 30.5 Å². The Morgan fingerprint density at radius 2 is 1.83 bits per heavy atom. The van der Waals surface area contributed by atoms with E-state index in [0.717, 1.165) is 0 Å². The number of carbonyl (C=O) groups excluding carboxylic acids is 1. The minimum Gasteiger partial charge on any atom is -0.345 e. The van der Waals surface area contributed by atoms with Crippen molar-refractivity contribution in [2.24, 2.45) is 11.7 Å². The molecule has 2 N–H and O–H groups in total. The molecule has 1 aromatic carbocycles. The summed E-state index contributed by atoms with van der Waals surface area (Å²) in [7, 11) is 1.15. The van der Waals surface area contributed by atoms with Crippen LogP contribution in [-0.2, 0) is 10.0 Å². The minimum absolute atomic E-state index is 0.0469. The molecule has 7 heteroatoms. The average Bonchev–Trinajstić information content (AvgIpc) is 2.51. The maximum absolute atomic E-state index is 12.6. The van der Waals surface area contributed by atoms with Gasteiger partial charge in [-0.2, -0.15) is 0 Å². The van der Waals surface area contributed by atoms with E-state index in [2.05, 4.69) is 0 Å². The van der Waals surface area contributed by atoms with Crippen molar-refractivity contribution in [3.63, 3.8) is 0 Å². The molecule has 0 saturated heterocycles. The van der Waals surface area contributed by atoms with Crippen LogP contribution in [0.15, 0.2) is 29.2 Å². The summed E-state index contributed by atoms with van der Waals surface area (Å²) in [6, 6.07) is 6.05. The van der Waals surface area contributed by atoms with Crippen LogP contribution in [0.4, 0.5) is 0 Å². The van der Waals surface area contributed by atoms with Gasteiger partial charge in [0.1, 0.15) is 0 Å². The van der Waals surface area contributed by atoms with Gasteiger partial charge in [0, 0.05) is 39.3 Å². The largest absolute Gasteiger partial charge is 0.345 e. The first-order valence-corrected chi connectivity index (χ1v) is 9.05. The van der Waals surface area contributed by atoms with Gasteiger partial charge >= 0.3 is 0 Å². The Labute approximate surface area is 139 Å². The fourth-order valence-corrected chi connectivity index (χ4v) is 3.24. The quantitative estimate of drug-likeness (QED) is 0.812. The highest BCUT2D eigenvalue weighted by Gasteiger charge is 2.23. The lowest BCUT2D eigenvalue weighted by atomic mass is 10.0. The summed E-state index contributed by atoms with van der Waals surface area (Å²) in [5, 5.41) is 0. The van der Waals surface area contributed by atoms with Gasteiger partial charge in [-0.15, -0.1) is 0 Å². The predicted molar refractivity (Wildman–Crippen MR) is 91.7 cm³/mol. The molecule has 23 heavy (non-hydrogen) atoms. The van der Waals surface area contributed by atoms with Crippen molar-refractivity contribution in [1.82, 2.24) is 9.21 Å². The van der Waals surface area contributed by atoms with Crippen LogP contribution < -0.4 is 5.73 Å². The number of nitrogens with zero attached hydrogens (tertiary/aromatic N) is 2. The van der Waals surface area contributed by atoms with E-state index in [1.807, 2.05) is 13.8 Å². The number of hydrogen-bond donors (Lipinski definition) is 1. The molecule has 1 aromatic rings. The van der Waals surface area contributed by atoms with E-state index in [4.69, 9.17) is 5.73 Å². The third-order valence-corrected chi connectivity index (χ3v) is 5.68. The predicted octanol–water partition coefficient (Wildman–Crippen LogP) is 1.38. The van der Waals surface area contributed by atoms with Crippen LogP contribution in [-0.4, -0.2) is 57.3 Å². The zero-order valence-corrected chi connectivity index (χ0v) is 15.3. The second-order valence-electron chi connectivity index (χ2n) is 6.25. The molecule has 1 amide bonds. The summed E-state index contributed by atoms with van der Waals surface area (Å²) in [5.74, 6) is 0.0682. The maximum atomic E-state index is 12.6. The number of nitrogens with two attached hydrogens (primary N) is 1. The fraction of sp³-hybridized carbons (Fsp3) is 0.562. The van der Waals surface area contributed by atoms with Crippen LogP contribution in [0, 0.1) is 5.92 Å². The van der Waals surface area contributed by atoms with Crippen molar-refractivity contribution in [1.29, 1.82) is 0 Å². The monoisotopic (exact) mass is 341 g/mol. The fourth-order valence-electron chi connectivity index (χ4n) is 2.01. The van der Waals surface area contributed by atoms with Crippen LogP contribution in [0.5, 0.6) is 0 Å². The van der Waals surface area contributed by atoms with E-state index < -0.39 is 10.0 Å². The average molecular weight is 341 g/mol. The molecule has 0 aliphatic heterocycles. The SMILES string of the molecule is CC(C)C(N)CCN(C)S(=O)(=O)c1cccc(C(=O)N(C)C)c1. The summed E-state index contributed by atoms with van der Waals surface area (Å²) in [5.41, 5.74) is 6.32. The summed E-state index contributed by atoms with van der Waals surface area (Å²) in [6.07, 6.45) is 0.587. The second kappa shape index (κ2) is 7.90. The van der Waals surface area contributed by atoms with Crippen LogP contribution >= 0.6 is 0 Å². The highest BCUT2D eigenvalue weighted by Crippen LogP contribution is 2.17. The molecule has 0 aromatic heterocycles. The zero-order valence-electron chi connectivity index (χ0n) is 14.5. The van der Waals surface area contributed by atoms with Crippen molar-refractivity contribution in [2.75, 3.05) is 27.7 Å². The van der Waals surface area contributed by atoms with Crippen LogP contribution in [0.2, 0.25) is 0 Å². The van der Waals surface area contributed by atoms with Gasteiger partial charge in [-0.25, -0.2) is 12.7 Å². The number of benzene rings is 1. The Hall–Kier alpha value is -1.44. The minimum atomic E-state index is -3.64. The van der Waals surface area contributed by atoms with Crippen molar-refractivity contribution in [2.45, 2.75) is 31.2 Å². The molecule has 0 aliphatic rings. The highest BCUT2D eigenvalue weighted by atomic mass is 32.2. The van der Waals surface area contributed by atoms with Gasteiger partial charge in [-0.1, -0.05) is 19.9 Å². The molecule has 0 aliphatic carbocycles. The van der Waals surface area contributed by atoms with Crippen molar-refractivity contribution in [3.05, 3.63) is 29.8 Å². The van der Waals surface area contributed by atoms with E-state index in [-0.39, 0.29) is 16.8 Å². The molecular weight excluding hydrogens is 314 g/mol. The highest BCUT2D eigenvalue weighted by molar-refractivity contribution is 7.89. The molecule has 0 heterocycles. The second-order valence-corrected chi connectivity index (χ2v) is 8.30. The zero-order chi connectivity index (χ0) is 17.8.